The summed E-state index contributed by atoms with van der Waals surface area (Å²) in [6.07, 6.45) is -24.2. The van der Waals surface area contributed by atoms with Crippen molar-refractivity contribution in [1.82, 2.24) is 0 Å². The molecule has 0 aliphatic carbocycles. The molecular formula is C17H11F10NO4S. The topological polar surface area (TPSA) is 64.6 Å². The minimum absolute atomic E-state index is 0.0210. The molecule has 33 heavy (non-hydrogen) atoms. The number of sulfonamides is 1. The molecule has 0 radical (unpaired) electrons. The highest BCUT2D eigenvalue weighted by Gasteiger charge is 2.62. The summed E-state index contributed by atoms with van der Waals surface area (Å²) in [5.41, 5.74) is -0.762. The first-order valence-electron chi connectivity index (χ1n) is 8.26. The number of halogens is 10. The third kappa shape index (κ3) is 6.11. The summed E-state index contributed by atoms with van der Waals surface area (Å²) >= 11 is 0. The fraction of sp³-hybridized carbons (Fsp3) is 0.294. The zero-order chi connectivity index (χ0) is 25.5. The first-order chi connectivity index (χ1) is 14.8. The number of hydrogen-bond donors (Lipinski definition) is 1. The summed E-state index contributed by atoms with van der Waals surface area (Å²) in [5.74, 6) is -2.97. The van der Waals surface area contributed by atoms with Crippen LogP contribution in [0.1, 0.15) is 5.56 Å². The maximum Gasteiger partial charge on any atom is 0.499 e. The Morgan fingerprint density at radius 2 is 1.21 bits per heavy atom. The molecule has 2 aromatic rings. The molecule has 0 aliphatic heterocycles. The van der Waals surface area contributed by atoms with Gasteiger partial charge in [0.15, 0.2) is 5.75 Å². The van der Waals surface area contributed by atoms with Gasteiger partial charge < -0.3 is 9.47 Å². The third-order valence-corrected chi connectivity index (χ3v) is 5.05. The fourth-order valence-electron chi connectivity index (χ4n) is 2.06. The molecule has 0 bridgehead atoms. The van der Waals surface area contributed by atoms with Crippen molar-refractivity contribution in [3.8, 4) is 11.5 Å². The van der Waals surface area contributed by atoms with Gasteiger partial charge in [0.1, 0.15) is 5.75 Å². The molecule has 184 valence electrons. The monoisotopic (exact) mass is 515 g/mol. The number of anilines is 1. The Kier molecular flexibility index (Phi) is 6.75. The number of alkyl halides is 10. The van der Waals surface area contributed by atoms with Gasteiger partial charge in [-0.3, -0.25) is 4.72 Å². The molecule has 5 nitrogen and oxygen atoms in total. The summed E-state index contributed by atoms with van der Waals surface area (Å²) in [4.78, 5) is -0.548. The van der Waals surface area contributed by atoms with Gasteiger partial charge in [-0.1, -0.05) is 17.7 Å². The molecule has 0 fully saturated rings. The van der Waals surface area contributed by atoms with Crippen LogP contribution in [0, 0.1) is 6.92 Å². The molecule has 0 amide bonds. The van der Waals surface area contributed by atoms with Gasteiger partial charge in [-0.05, 0) is 31.2 Å². The minimum atomic E-state index is -6.28. The van der Waals surface area contributed by atoms with E-state index in [4.69, 9.17) is 0 Å². The van der Waals surface area contributed by atoms with E-state index in [-0.39, 0.29) is 18.2 Å². The normalized spacial score (nSPS) is 13.5. The molecule has 2 aromatic carbocycles. The van der Waals surface area contributed by atoms with Gasteiger partial charge in [0, 0.05) is 6.07 Å². The molecule has 0 saturated carbocycles. The predicted molar refractivity (Wildman–Crippen MR) is 91.7 cm³/mol. The van der Waals surface area contributed by atoms with E-state index in [0.717, 1.165) is 12.1 Å². The predicted octanol–water partition coefficient (Wildman–Crippen LogP) is 5.86. The summed E-state index contributed by atoms with van der Waals surface area (Å²) in [6.45, 7) is 1.57. The average Bonchev–Trinajstić information content (AvgIpc) is 2.61. The first-order valence-corrected chi connectivity index (χ1v) is 9.74. The van der Waals surface area contributed by atoms with Crippen LogP contribution in [-0.4, -0.2) is 33.0 Å². The quantitative estimate of drug-likeness (QED) is 0.469. The number of ether oxygens (including phenoxy) is 2. The van der Waals surface area contributed by atoms with Crippen LogP contribution >= 0.6 is 0 Å². The van der Waals surface area contributed by atoms with Crippen molar-refractivity contribution in [1.29, 1.82) is 0 Å². The van der Waals surface area contributed by atoms with Crippen molar-refractivity contribution < 1.29 is 61.8 Å². The standard InChI is InChI=1S/C17H11F10NO4S/c1-9-2-5-11(6-3-9)33(29,30)28-12-8-10(31-16(24,25)14(18,19)20)4-7-13(12)32-17(26,27)15(21,22)23/h2-8,28H,1H3. The van der Waals surface area contributed by atoms with Crippen LogP contribution in [0.3, 0.4) is 0 Å². The van der Waals surface area contributed by atoms with Gasteiger partial charge in [0.2, 0.25) is 0 Å². The number of benzene rings is 2. The van der Waals surface area contributed by atoms with Gasteiger partial charge in [-0.25, -0.2) is 8.42 Å². The molecule has 0 atom stereocenters. The Hall–Kier alpha value is -2.91. The van der Waals surface area contributed by atoms with Crippen molar-refractivity contribution in [2.75, 3.05) is 4.72 Å². The van der Waals surface area contributed by atoms with Crippen LogP contribution < -0.4 is 14.2 Å². The Morgan fingerprint density at radius 1 is 0.727 bits per heavy atom. The molecule has 0 heterocycles. The van der Waals surface area contributed by atoms with Crippen LogP contribution in [0.4, 0.5) is 49.6 Å². The number of hydrogen-bond acceptors (Lipinski definition) is 4. The Bertz CT molecular complexity index is 1100. The Labute approximate surface area is 179 Å². The van der Waals surface area contributed by atoms with Gasteiger partial charge in [-0.15, -0.1) is 0 Å². The zero-order valence-electron chi connectivity index (χ0n) is 15.9. The van der Waals surface area contributed by atoms with Crippen molar-refractivity contribution in [3.05, 3.63) is 48.0 Å². The van der Waals surface area contributed by atoms with Gasteiger partial charge >= 0.3 is 24.6 Å². The second-order valence-corrected chi connectivity index (χ2v) is 7.99. The molecule has 0 spiro atoms. The van der Waals surface area contributed by atoms with Crippen molar-refractivity contribution in [2.24, 2.45) is 0 Å². The molecule has 0 saturated heterocycles. The Morgan fingerprint density at radius 3 is 1.70 bits per heavy atom. The van der Waals surface area contributed by atoms with E-state index in [1.807, 2.05) is 0 Å². The molecular weight excluding hydrogens is 504 g/mol. The van der Waals surface area contributed by atoms with E-state index in [1.165, 1.54) is 16.9 Å². The van der Waals surface area contributed by atoms with Crippen LogP contribution in [0.2, 0.25) is 0 Å². The van der Waals surface area contributed by atoms with Crippen LogP contribution in [0.25, 0.3) is 0 Å². The summed E-state index contributed by atoms with van der Waals surface area (Å²) in [7, 11) is -4.75. The van der Waals surface area contributed by atoms with Gasteiger partial charge in [0.05, 0.1) is 10.6 Å². The number of nitrogens with one attached hydrogen (secondary N) is 1. The molecule has 0 unspecified atom stereocenters. The summed E-state index contributed by atoms with van der Waals surface area (Å²) in [5, 5.41) is 0. The molecule has 1 N–H and O–H groups in total. The molecule has 0 aromatic heterocycles. The van der Waals surface area contributed by atoms with Crippen molar-refractivity contribution in [2.45, 2.75) is 36.4 Å². The molecule has 16 heteroatoms. The van der Waals surface area contributed by atoms with E-state index in [9.17, 15) is 52.3 Å². The fourth-order valence-corrected chi connectivity index (χ4v) is 3.13. The lowest BCUT2D eigenvalue weighted by atomic mass is 10.2. The van der Waals surface area contributed by atoms with Crippen molar-refractivity contribution >= 4 is 15.7 Å². The van der Waals surface area contributed by atoms with E-state index < -0.39 is 56.7 Å². The third-order valence-electron chi connectivity index (χ3n) is 3.67. The maximum atomic E-state index is 13.3. The molecule has 2 rings (SSSR count). The van der Waals surface area contributed by atoms with E-state index >= 15 is 0 Å². The second kappa shape index (κ2) is 8.46. The lowest BCUT2D eigenvalue weighted by Gasteiger charge is -2.24. The second-order valence-electron chi connectivity index (χ2n) is 6.31. The maximum absolute atomic E-state index is 13.3. The lowest BCUT2D eigenvalue weighted by molar-refractivity contribution is -0.361. The first kappa shape index (κ1) is 26.3. The highest BCUT2D eigenvalue weighted by Crippen LogP contribution is 2.43. The van der Waals surface area contributed by atoms with Crippen molar-refractivity contribution in [3.63, 3.8) is 0 Å². The molecule has 0 aliphatic rings. The highest BCUT2D eigenvalue weighted by atomic mass is 32.2. The van der Waals surface area contributed by atoms with Crippen LogP contribution in [0.5, 0.6) is 11.5 Å². The smallest absolute Gasteiger partial charge is 0.426 e. The average molecular weight is 515 g/mol. The zero-order valence-corrected chi connectivity index (χ0v) is 16.7. The summed E-state index contributed by atoms with van der Waals surface area (Å²) < 4.78 is 161. The Balaban J connectivity index is 2.53. The number of aryl methyl sites for hydroxylation is 1. The highest BCUT2D eigenvalue weighted by molar-refractivity contribution is 7.92. The van der Waals surface area contributed by atoms with Crippen LogP contribution in [0.15, 0.2) is 47.4 Å². The van der Waals surface area contributed by atoms with E-state index in [2.05, 4.69) is 9.47 Å². The largest absolute Gasteiger partial charge is 0.499 e. The SMILES string of the molecule is Cc1ccc(S(=O)(=O)Nc2cc(OC(F)(F)C(F)(F)F)ccc2OC(F)(F)C(F)(F)F)cc1. The van der Waals surface area contributed by atoms with Gasteiger partial charge in [-0.2, -0.15) is 43.9 Å². The minimum Gasteiger partial charge on any atom is -0.426 e. The van der Waals surface area contributed by atoms with E-state index in [0.29, 0.717) is 5.56 Å². The van der Waals surface area contributed by atoms with Crippen LogP contribution in [-0.2, 0) is 10.0 Å². The number of rotatable bonds is 7. The van der Waals surface area contributed by atoms with Gasteiger partial charge in [0.25, 0.3) is 10.0 Å². The lowest BCUT2D eigenvalue weighted by Crippen LogP contribution is -2.42. The summed E-state index contributed by atoms with van der Waals surface area (Å²) in [6, 6.07) is 4.83. The van der Waals surface area contributed by atoms with E-state index in [1.54, 1.807) is 6.92 Å².